The minimum atomic E-state index is -0.450. The molecule has 1 aliphatic carbocycles. The first kappa shape index (κ1) is 14.9. The lowest BCUT2D eigenvalue weighted by molar-refractivity contribution is -0.127. The normalized spacial score (nSPS) is 15.7. The molecule has 1 aromatic carbocycles. The average molecular weight is 276 g/mol. The molecule has 0 radical (unpaired) electrons. The minimum absolute atomic E-state index is 0.0259. The summed E-state index contributed by atoms with van der Waals surface area (Å²) in [6.45, 7) is 5.77. The lowest BCUT2D eigenvalue weighted by Gasteiger charge is -2.15. The molecule has 1 fully saturated rings. The number of carbonyl (C=O) groups is 1. The van der Waals surface area contributed by atoms with Gasteiger partial charge in [-0.25, -0.2) is 0 Å². The molecule has 0 saturated heterocycles. The van der Waals surface area contributed by atoms with Gasteiger partial charge in [0.15, 0.2) is 6.10 Å². The predicted molar refractivity (Wildman–Crippen MR) is 79.7 cm³/mol. The Bertz CT molecular complexity index is 444. The van der Waals surface area contributed by atoms with E-state index in [2.05, 4.69) is 23.6 Å². The molecule has 1 amide bonds. The first-order valence-electron chi connectivity index (χ1n) is 7.45. The van der Waals surface area contributed by atoms with Gasteiger partial charge < -0.3 is 15.4 Å². The average Bonchev–Trinajstić information content (AvgIpc) is 3.23. The molecule has 1 saturated carbocycles. The summed E-state index contributed by atoms with van der Waals surface area (Å²) in [5.41, 5.74) is 1.17. The molecule has 0 bridgehead atoms. The number of benzene rings is 1. The highest BCUT2D eigenvalue weighted by Gasteiger charge is 2.26. The van der Waals surface area contributed by atoms with E-state index < -0.39 is 6.10 Å². The fourth-order valence-corrected chi connectivity index (χ4v) is 1.94. The molecule has 4 heteroatoms. The number of hydrogen-bond acceptors (Lipinski definition) is 3. The first-order valence-corrected chi connectivity index (χ1v) is 7.45. The van der Waals surface area contributed by atoms with Gasteiger partial charge in [0.05, 0.1) is 0 Å². The van der Waals surface area contributed by atoms with Gasteiger partial charge in [0.2, 0.25) is 0 Å². The van der Waals surface area contributed by atoms with Crippen molar-refractivity contribution in [2.75, 3.05) is 6.54 Å². The summed E-state index contributed by atoms with van der Waals surface area (Å²) in [6, 6.07) is 8.28. The molecule has 110 valence electrons. The number of rotatable bonds is 8. The third-order valence-electron chi connectivity index (χ3n) is 3.26. The summed E-state index contributed by atoms with van der Waals surface area (Å²) in [6.07, 6.45) is 2.86. The maximum absolute atomic E-state index is 11.8. The topological polar surface area (TPSA) is 50.4 Å². The van der Waals surface area contributed by atoms with Crippen LogP contribution in [0.4, 0.5) is 0 Å². The monoisotopic (exact) mass is 276 g/mol. The van der Waals surface area contributed by atoms with E-state index in [-0.39, 0.29) is 5.91 Å². The lowest BCUT2D eigenvalue weighted by Crippen LogP contribution is -2.37. The van der Waals surface area contributed by atoms with Crippen molar-refractivity contribution in [1.82, 2.24) is 10.6 Å². The van der Waals surface area contributed by atoms with Gasteiger partial charge in [-0.1, -0.05) is 19.1 Å². The second-order valence-corrected chi connectivity index (χ2v) is 5.37. The second kappa shape index (κ2) is 7.29. The van der Waals surface area contributed by atoms with E-state index in [0.29, 0.717) is 6.04 Å². The van der Waals surface area contributed by atoms with E-state index in [9.17, 15) is 4.79 Å². The molecule has 1 atom stereocenters. The van der Waals surface area contributed by atoms with Crippen molar-refractivity contribution in [1.29, 1.82) is 0 Å². The minimum Gasteiger partial charge on any atom is -0.481 e. The largest absolute Gasteiger partial charge is 0.481 e. The van der Waals surface area contributed by atoms with Gasteiger partial charge in [0, 0.05) is 12.6 Å². The summed E-state index contributed by atoms with van der Waals surface area (Å²) < 4.78 is 5.71. The molecule has 2 rings (SSSR count). The van der Waals surface area contributed by atoms with Crippen molar-refractivity contribution >= 4 is 5.91 Å². The van der Waals surface area contributed by atoms with Crippen molar-refractivity contribution in [3.8, 4) is 5.75 Å². The maximum Gasteiger partial charge on any atom is 0.260 e. The van der Waals surface area contributed by atoms with Gasteiger partial charge in [-0.05, 0) is 50.4 Å². The zero-order chi connectivity index (χ0) is 14.4. The second-order valence-electron chi connectivity index (χ2n) is 5.37. The van der Waals surface area contributed by atoms with Crippen LogP contribution < -0.4 is 15.4 Å². The zero-order valence-corrected chi connectivity index (χ0v) is 12.3. The SMILES string of the molecule is CCCNCc1cccc(OC(C)C(=O)NC2CC2)c1. The van der Waals surface area contributed by atoms with Gasteiger partial charge in [-0.15, -0.1) is 0 Å². The fraction of sp³-hybridized carbons (Fsp3) is 0.562. The zero-order valence-electron chi connectivity index (χ0n) is 12.3. The van der Waals surface area contributed by atoms with Crippen LogP contribution in [-0.4, -0.2) is 24.6 Å². The molecule has 0 aliphatic heterocycles. The highest BCUT2D eigenvalue weighted by atomic mass is 16.5. The quantitative estimate of drug-likeness (QED) is 0.716. The Hall–Kier alpha value is -1.55. The molecular weight excluding hydrogens is 252 g/mol. The standard InChI is InChI=1S/C16H24N2O2/c1-3-9-17-11-13-5-4-6-15(10-13)20-12(2)16(19)18-14-7-8-14/h4-6,10,12,14,17H,3,7-9,11H2,1-2H3,(H,18,19). The Morgan fingerprint density at radius 1 is 1.45 bits per heavy atom. The van der Waals surface area contributed by atoms with Crippen LogP contribution in [0.1, 0.15) is 38.7 Å². The summed E-state index contributed by atoms with van der Waals surface area (Å²) in [7, 11) is 0. The fourth-order valence-electron chi connectivity index (χ4n) is 1.94. The Morgan fingerprint density at radius 2 is 2.25 bits per heavy atom. The van der Waals surface area contributed by atoms with Crippen LogP contribution in [0.3, 0.4) is 0 Å². The van der Waals surface area contributed by atoms with Crippen LogP contribution in [0.15, 0.2) is 24.3 Å². The summed E-state index contributed by atoms with van der Waals surface area (Å²) >= 11 is 0. The highest BCUT2D eigenvalue weighted by Crippen LogP contribution is 2.19. The third-order valence-corrected chi connectivity index (χ3v) is 3.26. The van der Waals surface area contributed by atoms with E-state index >= 15 is 0 Å². The van der Waals surface area contributed by atoms with Gasteiger partial charge in [0.25, 0.3) is 5.91 Å². The highest BCUT2D eigenvalue weighted by molar-refractivity contribution is 5.81. The molecule has 1 aromatic rings. The van der Waals surface area contributed by atoms with Crippen LogP contribution in [0.2, 0.25) is 0 Å². The molecular formula is C16H24N2O2. The third kappa shape index (κ3) is 4.85. The molecule has 20 heavy (non-hydrogen) atoms. The predicted octanol–water partition coefficient (Wildman–Crippen LogP) is 2.23. The van der Waals surface area contributed by atoms with Crippen LogP contribution in [0.5, 0.6) is 5.75 Å². The van der Waals surface area contributed by atoms with E-state index in [1.165, 1.54) is 5.56 Å². The van der Waals surface area contributed by atoms with Gasteiger partial charge in [-0.2, -0.15) is 0 Å². The Labute approximate surface area is 120 Å². The van der Waals surface area contributed by atoms with Crippen LogP contribution in [0.25, 0.3) is 0 Å². The van der Waals surface area contributed by atoms with Crippen LogP contribution >= 0.6 is 0 Å². The first-order chi connectivity index (χ1) is 9.69. The Balaban J connectivity index is 1.84. The lowest BCUT2D eigenvalue weighted by atomic mass is 10.2. The van der Waals surface area contributed by atoms with E-state index in [4.69, 9.17) is 4.74 Å². The molecule has 2 N–H and O–H groups in total. The Morgan fingerprint density at radius 3 is 2.95 bits per heavy atom. The molecule has 0 aromatic heterocycles. The molecule has 4 nitrogen and oxygen atoms in total. The van der Waals surface area contributed by atoms with Gasteiger partial charge >= 0.3 is 0 Å². The molecule has 1 unspecified atom stereocenters. The number of hydrogen-bond donors (Lipinski definition) is 2. The molecule has 1 aliphatic rings. The number of nitrogens with one attached hydrogen (secondary N) is 2. The van der Waals surface area contributed by atoms with Crippen molar-refractivity contribution < 1.29 is 9.53 Å². The summed E-state index contributed by atoms with van der Waals surface area (Å²) in [5, 5.41) is 6.31. The summed E-state index contributed by atoms with van der Waals surface area (Å²) in [4.78, 5) is 11.8. The van der Waals surface area contributed by atoms with E-state index in [1.54, 1.807) is 6.92 Å². The van der Waals surface area contributed by atoms with Crippen LogP contribution in [-0.2, 0) is 11.3 Å². The number of ether oxygens (including phenoxy) is 1. The maximum atomic E-state index is 11.8. The molecule has 0 spiro atoms. The van der Waals surface area contributed by atoms with Crippen molar-refractivity contribution in [3.63, 3.8) is 0 Å². The van der Waals surface area contributed by atoms with Gasteiger partial charge in [-0.3, -0.25) is 4.79 Å². The number of carbonyl (C=O) groups excluding carboxylic acids is 1. The van der Waals surface area contributed by atoms with Gasteiger partial charge in [0.1, 0.15) is 5.75 Å². The van der Waals surface area contributed by atoms with Crippen molar-refractivity contribution in [2.24, 2.45) is 0 Å². The van der Waals surface area contributed by atoms with Crippen molar-refractivity contribution in [3.05, 3.63) is 29.8 Å². The van der Waals surface area contributed by atoms with E-state index in [1.807, 2.05) is 18.2 Å². The summed E-state index contributed by atoms with van der Waals surface area (Å²) in [5.74, 6) is 0.723. The number of amides is 1. The van der Waals surface area contributed by atoms with Crippen LogP contribution in [0, 0.1) is 0 Å². The molecule has 0 heterocycles. The van der Waals surface area contributed by atoms with E-state index in [0.717, 1.165) is 38.1 Å². The smallest absolute Gasteiger partial charge is 0.260 e. The Kier molecular flexibility index (Phi) is 5.41. The van der Waals surface area contributed by atoms with Crippen molar-refractivity contribution in [2.45, 2.75) is 51.8 Å².